The summed E-state index contributed by atoms with van der Waals surface area (Å²) >= 11 is 0. The van der Waals surface area contributed by atoms with Gasteiger partial charge in [0.1, 0.15) is 13.2 Å². The third-order valence-corrected chi connectivity index (χ3v) is 4.19. The maximum Gasteiger partial charge on any atom is 0.339 e. The molecule has 0 aliphatic carbocycles. The van der Waals surface area contributed by atoms with Gasteiger partial charge in [-0.25, -0.2) is 4.79 Å². The van der Waals surface area contributed by atoms with Crippen molar-refractivity contribution >= 4 is 29.2 Å². The van der Waals surface area contributed by atoms with Gasteiger partial charge in [-0.2, -0.15) is 0 Å². The number of anilines is 2. The van der Waals surface area contributed by atoms with Crippen LogP contribution < -0.4 is 24.8 Å². The zero-order valence-electron chi connectivity index (χ0n) is 16.8. The lowest BCUT2D eigenvalue weighted by Crippen LogP contribution is -2.30. The first-order valence-corrected chi connectivity index (χ1v) is 9.24. The molecule has 1 atom stereocenters. The Morgan fingerprint density at radius 3 is 2.27 bits per heavy atom. The van der Waals surface area contributed by atoms with Gasteiger partial charge in [0.2, 0.25) is 11.7 Å². The number of nitrogens with one attached hydrogen (secondary N) is 2. The number of esters is 1. The number of ether oxygens (including phenoxy) is 4. The van der Waals surface area contributed by atoms with E-state index in [-0.39, 0.29) is 11.5 Å². The maximum absolute atomic E-state index is 12.5. The van der Waals surface area contributed by atoms with Crippen LogP contribution in [0.25, 0.3) is 0 Å². The van der Waals surface area contributed by atoms with Crippen LogP contribution in [-0.4, -0.2) is 44.2 Å². The van der Waals surface area contributed by atoms with Crippen LogP contribution in [0.1, 0.15) is 24.2 Å². The molecule has 2 aromatic rings. The Kier molecular flexibility index (Phi) is 6.41. The van der Waals surface area contributed by atoms with Crippen molar-refractivity contribution < 1.29 is 33.3 Å². The molecular formula is C21H22N2O7. The molecule has 0 bridgehead atoms. The van der Waals surface area contributed by atoms with E-state index in [0.29, 0.717) is 41.8 Å². The molecule has 2 N–H and O–H groups in total. The number of rotatable bonds is 6. The zero-order valence-corrected chi connectivity index (χ0v) is 16.8. The van der Waals surface area contributed by atoms with Gasteiger partial charge in [0.05, 0.1) is 12.7 Å². The molecule has 0 saturated carbocycles. The minimum absolute atomic E-state index is 0.176. The first-order valence-electron chi connectivity index (χ1n) is 9.24. The summed E-state index contributed by atoms with van der Waals surface area (Å²) in [5.74, 6) is -0.245. The molecule has 0 spiro atoms. The summed E-state index contributed by atoms with van der Waals surface area (Å²) in [5.41, 5.74) is 1.28. The second-order valence-electron chi connectivity index (χ2n) is 6.50. The Morgan fingerprint density at radius 1 is 1.00 bits per heavy atom. The molecule has 0 radical (unpaired) electrons. The molecule has 30 heavy (non-hydrogen) atoms. The number of carbonyl (C=O) groups is 3. The molecule has 1 aliphatic heterocycles. The summed E-state index contributed by atoms with van der Waals surface area (Å²) in [5, 5.41) is 5.29. The lowest BCUT2D eigenvalue weighted by Gasteiger charge is -2.21. The largest absolute Gasteiger partial charge is 0.493 e. The first kappa shape index (κ1) is 21.0. The van der Waals surface area contributed by atoms with Gasteiger partial charge in [0, 0.05) is 18.3 Å². The fourth-order valence-corrected chi connectivity index (χ4v) is 2.76. The van der Waals surface area contributed by atoms with E-state index in [9.17, 15) is 14.4 Å². The molecule has 0 saturated heterocycles. The SMILES string of the molecule is COc1cc(C(=O)O[C@H](C)C(=O)Nc2ccc(NC(C)=O)cc2)cc2c1OCCO2. The minimum atomic E-state index is -1.05. The van der Waals surface area contributed by atoms with E-state index in [1.807, 2.05) is 0 Å². The molecule has 2 amide bonds. The maximum atomic E-state index is 12.5. The van der Waals surface area contributed by atoms with E-state index in [2.05, 4.69) is 10.6 Å². The van der Waals surface area contributed by atoms with Gasteiger partial charge < -0.3 is 29.6 Å². The lowest BCUT2D eigenvalue weighted by molar-refractivity contribution is -0.123. The third-order valence-electron chi connectivity index (χ3n) is 4.19. The van der Waals surface area contributed by atoms with Gasteiger partial charge in [0.25, 0.3) is 5.91 Å². The van der Waals surface area contributed by atoms with Crippen molar-refractivity contribution in [2.24, 2.45) is 0 Å². The molecule has 9 nitrogen and oxygen atoms in total. The van der Waals surface area contributed by atoms with Crippen LogP contribution in [-0.2, 0) is 14.3 Å². The molecule has 9 heteroatoms. The monoisotopic (exact) mass is 414 g/mol. The van der Waals surface area contributed by atoms with Gasteiger partial charge in [-0.05, 0) is 43.3 Å². The van der Waals surface area contributed by atoms with E-state index >= 15 is 0 Å². The quantitative estimate of drug-likeness (QED) is 0.699. The van der Waals surface area contributed by atoms with Gasteiger partial charge in [-0.15, -0.1) is 0 Å². The van der Waals surface area contributed by atoms with Crippen LogP contribution in [0.4, 0.5) is 11.4 Å². The van der Waals surface area contributed by atoms with Crippen LogP contribution in [0.5, 0.6) is 17.2 Å². The average Bonchev–Trinajstić information content (AvgIpc) is 2.73. The second-order valence-corrected chi connectivity index (χ2v) is 6.50. The van der Waals surface area contributed by atoms with Crippen molar-refractivity contribution in [1.82, 2.24) is 0 Å². The molecule has 0 unspecified atom stereocenters. The molecule has 0 aromatic heterocycles. The van der Waals surface area contributed by atoms with Crippen molar-refractivity contribution in [3.8, 4) is 17.2 Å². The Balaban J connectivity index is 1.63. The highest BCUT2D eigenvalue weighted by molar-refractivity contribution is 5.98. The predicted octanol–water partition coefficient (Wildman–Crippen LogP) is 2.61. The molecule has 158 valence electrons. The van der Waals surface area contributed by atoms with E-state index in [0.717, 1.165) is 0 Å². The Bertz CT molecular complexity index is 939. The molecule has 3 rings (SSSR count). The van der Waals surface area contributed by atoms with Gasteiger partial charge in [0.15, 0.2) is 17.6 Å². The number of hydrogen-bond donors (Lipinski definition) is 2. The molecular weight excluding hydrogens is 392 g/mol. The third kappa shape index (κ3) is 4.99. The molecule has 0 fully saturated rings. The Morgan fingerprint density at radius 2 is 1.63 bits per heavy atom. The topological polar surface area (TPSA) is 112 Å². The van der Waals surface area contributed by atoms with Crippen molar-refractivity contribution in [2.75, 3.05) is 31.0 Å². The molecule has 1 heterocycles. The van der Waals surface area contributed by atoms with Crippen LogP contribution in [0.3, 0.4) is 0 Å². The van der Waals surface area contributed by atoms with Crippen molar-refractivity contribution in [1.29, 1.82) is 0 Å². The summed E-state index contributed by atoms with van der Waals surface area (Å²) in [6.07, 6.45) is -1.05. The summed E-state index contributed by atoms with van der Waals surface area (Å²) < 4.78 is 21.5. The smallest absolute Gasteiger partial charge is 0.339 e. The second kappa shape index (κ2) is 9.17. The van der Waals surface area contributed by atoms with Crippen molar-refractivity contribution in [3.63, 3.8) is 0 Å². The molecule has 2 aromatic carbocycles. The normalized spacial score (nSPS) is 13.0. The summed E-state index contributed by atoms with van der Waals surface area (Å²) in [4.78, 5) is 35.9. The van der Waals surface area contributed by atoms with E-state index in [4.69, 9.17) is 18.9 Å². The fraction of sp³-hybridized carbons (Fsp3) is 0.286. The minimum Gasteiger partial charge on any atom is -0.493 e. The Labute approximate surface area is 173 Å². The van der Waals surface area contributed by atoms with Crippen LogP contribution >= 0.6 is 0 Å². The van der Waals surface area contributed by atoms with Crippen LogP contribution in [0, 0.1) is 0 Å². The van der Waals surface area contributed by atoms with Crippen molar-refractivity contribution in [3.05, 3.63) is 42.0 Å². The number of carbonyl (C=O) groups excluding carboxylic acids is 3. The van der Waals surface area contributed by atoms with E-state index in [1.54, 1.807) is 24.3 Å². The lowest BCUT2D eigenvalue weighted by atomic mass is 10.1. The number of benzene rings is 2. The Hall–Kier alpha value is -3.75. The van der Waals surface area contributed by atoms with Gasteiger partial charge >= 0.3 is 5.97 Å². The average molecular weight is 414 g/mol. The highest BCUT2D eigenvalue weighted by Crippen LogP contribution is 2.40. The number of methoxy groups -OCH3 is 1. The van der Waals surface area contributed by atoms with Gasteiger partial charge in [-0.1, -0.05) is 0 Å². The predicted molar refractivity (Wildman–Crippen MR) is 108 cm³/mol. The van der Waals surface area contributed by atoms with E-state index in [1.165, 1.54) is 33.1 Å². The number of fused-ring (bicyclic) bond motifs is 1. The zero-order chi connectivity index (χ0) is 21.7. The standard InChI is InChI=1S/C21H22N2O7/c1-12(20(25)23-16-6-4-15(5-7-16)22-13(2)24)30-21(26)14-10-17(27-3)19-18(11-14)28-8-9-29-19/h4-7,10-12H,8-9H2,1-3H3,(H,22,24)(H,23,25)/t12-/m1/s1. The highest BCUT2D eigenvalue weighted by atomic mass is 16.6. The number of amides is 2. The highest BCUT2D eigenvalue weighted by Gasteiger charge is 2.24. The summed E-state index contributed by atoms with van der Waals surface area (Å²) in [6.45, 7) is 3.61. The van der Waals surface area contributed by atoms with Gasteiger partial charge in [-0.3, -0.25) is 9.59 Å². The van der Waals surface area contributed by atoms with Crippen molar-refractivity contribution in [2.45, 2.75) is 20.0 Å². The van der Waals surface area contributed by atoms with Crippen LogP contribution in [0.2, 0.25) is 0 Å². The van der Waals surface area contributed by atoms with Crippen LogP contribution in [0.15, 0.2) is 36.4 Å². The summed E-state index contributed by atoms with van der Waals surface area (Å²) in [6, 6.07) is 9.52. The number of hydrogen-bond acceptors (Lipinski definition) is 7. The van der Waals surface area contributed by atoms with E-state index < -0.39 is 18.0 Å². The summed E-state index contributed by atoms with van der Waals surface area (Å²) in [7, 11) is 1.45. The first-order chi connectivity index (χ1) is 14.4. The molecule has 1 aliphatic rings. The fourth-order valence-electron chi connectivity index (χ4n) is 2.76.